The lowest BCUT2D eigenvalue weighted by atomic mass is 10.0. The van der Waals surface area contributed by atoms with Crippen LogP contribution in [0, 0.1) is 5.92 Å². The number of nitrogens with zero attached hydrogens (tertiary/aromatic N) is 2. The van der Waals surface area contributed by atoms with Crippen LogP contribution in [0.4, 0.5) is 4.79 Å². The van der Waals surface area contributed by atoms with E-state index in [4.69, 9.17) is 5.11 Å². The van der Waals surface area contributed by atoms with Gasteiger partial charge in [0.1, 0.15) is 6.54 Å². The molecule has 0 aliphatic rings. The molecule has 0 unspecified atom stereocenters. The van der Waals surface area contributed by atoms with E-state index < -0.39 is 5.97 Å². The number of urea groups is 1. The van der Waals surface area contributed by atoms with Crippen LogP contribution in [0.3, 0.4) is 0 Å². The molecule has 5 nitrogen and oxygen atoms in total. The molecule has 0 aliphatic carbocycles. The van der Waals surface area contributed by atoms with E-state index in [0.29, 0.717) is 19.0 Å². The highest BCUT2D eigenvalue weighted by atomic mass is 16.4. The van der Waals surface area contributed by atoms with E-state index >= 15 is 0 Å². The maximum Gasteiger partial charge on any atom is 0.323 e. The molecule has 0 spiro atoms. The number of amides is 2. The zero-order chi connectivity index (χ0) is 15.0. The monoisotopic (exact) mass is 272 g/mol. The Kier molecular flexibility index (Phi) is 8.19. The Balaban J connectivity index is 4.81. The van der Waals surface area contributed by atoms with E-state index in [1.807, 2.05) is 20.8 Å². The molecule has 112 valence electrons. The van der Waals surface area contributed by atoms with Crippen LogP contribution in [-0.2, 0) is 4.79 Å². The Labute approximate surface area is 116 Å². The van der Waals surface area contributed by atoms with Gasteiger partial charge < -0.3 is 14.9 Å². The summed E-state index contributed by atoms with van der Waals surface area (Å²) in [6.07, 6.45) is 2.06. The molecule has 0 radical (unpaired) electrons. The second-order valence-electron chi connectivity index (χ2n) is 5.12. The van der Waals surface area contributed by atoms with Crippen molar-refractivity contribution in [1.29, 1.82) is 0 Å². The van der Waals surface area contributed by atoms with Crippen LogP contribution >= 0.6 is 0 Å². The standard InChI is InChI=1S/C14H28N2O3/c1-6-12(7-2)9-15(8-3)14(19)16(11(4)5)10-13(17)18/h11-12H,6-10H2,1-5H3,(H,17,18). The molecule has 0 aromatic rings. The van der Waals surface area contributed by atoms with E-state index in [1.165, 1.54) is 4.90 Å². The van der Waals surface area contributed by atoms with Gasteiger partial charge in [-0.2, -0.15) is 0 Å². The van der Waals surface area contributed by atoms with Gasteiger partial charge in [0.05, 0.1) is 0 Å². The van der Waals surface area contributed by atoms with Crippen molar-refractivity contribution in [2.45, 2.75) is 53.5 Å². The first kappa shape index (κ1) is 17.7. The highest BCUT2D eigenvalue weighted by Crippen LogP contribution is 2.12. The Hall–Kier alpha value is -1.26. The van der Waals surface area contributed by atoms with E-state index in [1.54, 1.807) is 4.90 Å². The first-order chi connectivity index (χ1) is 8.87. The summed E-state index contributed by atoms with van der Waals surface area (Å²) in [4.78, 5) is 26.4. The van der Waals surface area contributed by atoms with Gasteiger partial charge in [-0.1, -0.05) is 26.7 Å². The lowest BCUT2D eigenvalue weighted by Crippen LogP contribution is -2.49. The second-order valence-corrected chi connectivity index (χ2v) is 5.12. The molecule has 1 N–H and O–H groups in total. The van der Waals surface area contributed by atoms with Gasteiger partial charge in [-0.25, -0.2) is 4.79 Å². The van der Waals surface area contributed by atoms with Crippen molar-refractivity contribution >= 4 is 12.0 Å². The van der Waals surface area contributed by atoms with Gasteiger partial charge in [-0.05, 0) is 26.7 Å². The van der Waals surface area contributed by atoms with Crippen molar-refractivity contribution < 1.29 is 14.7 Å². The highest BCUT2D eigenvalue weighted by molar-refractivity contribution is 5.80. The summed E-state index contributed by atoms with van der Waals surface area (Å²) in [6, 6.07) is -0.286. The van der Waals surface area contributed by atoms with Crippen molar-refractivity contribution in [2.75, 3.05) is 19.6 Å². The first-order valence-corrected chi connectivity index (χ1v) is 7.14. The molecule has 0 aliphatic heterocycles. The zero-order valence-electron chi connectivity index (χ0n) is 12.8. The van der Waals surface area contributed by atoms with Crippen LogP contribution in [0.1, 0.15) is 47.5 Å². The minimum atomic E-state index is -0.972. The molecule has 19 heavy (non-hydrogen) atoms. The topological polar surface area (TPSA) is 60.9 Å². The van der Waals surface area contributed by atoms with Gasteiger partial charge in [-0.15, -0.1) is 0 Å². The van der Waals surface area contributed by atoms with Crippen LogP contribution < -0.4 is 0 Å². The minimum Gasteiger partial charge on any atom is -0.480 e. The smallest absolute Gasteiger partial charge is 0.323 e. The van der Waals surface area contributed by atoms with Crippen LogP contribution in [0.15, 0.2) is 0 Å². The lowest BCUT2D eigenvalue weighted by Gasteiger charge is -2.33. The van der Waals surface area contributed by atoms with E-state index in [2.05, 4.69) is 13.8 Å². The van der Waals surface area contributed by atoms with Gasteiger partial charge in [0, 0.05) is 19.1 Å². The summed E-state index contributed by atoms with van der Waals surface area (Å²) in [7, 11) is 0. The largest absolute Gasteiger partial charge is 0.480 e. The maximum atomic E-state index is 12.4. The molecule has 0 heterocycles. The fraction of sp³-hybridized carbons (Fsp3) is 0.857. The quantitative estimate of drug-likeness (QED) is 0.739. The fourth-order valence-corrected chi connectivity index (χ4v) is 2.00. The number of hydrogen-bond donors (Lipinski definition) is 1. The molecule has 0 aromatic carbocycles. The average molecular weight is 272 g/mol. The molecule has 0 saturated carbocycles. The number of carboxylic acid groups (broad SMARTS) is 1. The molecule has 0 rings (SSSR count). The number of aliphatic carboxylic acids is 1. The zero-order valence-corrected chi connectivity index (χ0v) is 12.8. The number of rotatable bonds is 8. The number of carbonyl (C=O) groups is 2. The molecule has 0 bridgehead atoms. The van der Waals surface area contributed by atoms with E-state index in [-0.39, 0.29) is 18.6 Å². The van der Waals surface area contributed by atoms with Crippen molar-refractivity contribution in [2.24, 2.45) is 5.92 Å². The van der Waals surface area contributed by atoms with Gasteiger partial charge in [0.2, 0.25) is 0 Å². The maximum absolute atomic E-state index is 12.4. The summed E-state index contributed by atoms with van der Waals surface area (Å²) in [6.45, 7) is 10.9. The van der Waals surface area contributed by atoms with Crippen LogP contribution in [-0.4, -0.2) is 52.6 Å². The van der Waals surface area contributed by atoms with Gasteiger partial charge >= 0.3 is 12.0 Å². The predicted molar refractivity (Wildman–Crippen MR) is 76.2 cm³/mol. The average Bonchev–Trinajstić information content (AvgIpc) is 2.36. The number of hydrogen-bond acceptors (Lipinski definition) is 2. The summed E-state index contributed by atoms with van der Waals surface area (Å²) in [5.74, 6) is -0.497. The molecule has 2 amide bonds. The summed E-state index contributed by atoms with van der Waals surface area (Å²) >= 11 is 0. The summed E-state index contributed by atoms with van der Waals surface area (Å²) in [5.41, 5.74) is 0. The Morgan fingerprint density at radius 2 is 1.63 bits per heavy atom. The molecule has 0 atom stereocenters. The predicted octanol–water partition coefficient (Wildman–Crippen LogP) is 2.66. The summed E-state index contributed by atoms with van der Waals surface area (Å²) in [5, 5.41) is 8.90. The third kappa shape index (κ3) is 5.94. The van der Waals surface area contributed by atoms with Crippen LogP contribution in [0.2, 0.25) is 0 Å². The Morgan fingerprint density at radius 3 is 1.95 bits per heavy atom. The SMILES string of the molecule is CCC(CC)CN(CC)C(=O)N(CC(=O)O)C(C)C. The van der Waals surface area contributed by atoms with Gasteiger partial charge in [-0.3, -0.25) is 4.79 Å². The van der Waals surface area contributed by atoms with Crippen molar-refractivity contribution in [3.63, 3.8) is 0 Å². The minimum absolute atomic E-state index is 0.112. The molecular weight excluding hydrogens is 244 g/mol. The van der Waals surface area contributed by atoms with Crippen molar-refractivity contribution in [3.8, 4) is 0 Å². The van der Waals surface area contributed by atoms with E-state index in [0.717, 1.165) is 12.8 Å². The Morgan fingerprint density at radius 1 is 1.11 bits per heavy atom. The lowest BCUT2D eigenvalue weighted by molar-refractivity contribution is -0.138. The second kappa shape index (κ2) is 8.77. The third-order valence-corrected chi connectivity index (χ3v) is 3.46. The third-order valence-electron chi connectivity index (χ3n) is 3.46. The molecule has 0 aromatic heterocycles. The molecular formula is C14H28N2O3. The molecule has 5 heteroatoms. The van der Waals surface area contributed by atoms with Crippen LogP contribution in [0.5, 0.6) is 0 Å². The normalized spacial score (nSPS) is 10.9. The number of carbonyl (C=O) groups excluding carboxylic acids is 1. The van der Waals surface area contributed by atoms with Crippen molar-refractivity contribution in [3.05, 3.63) is 0 Å². The first-order valence-electron chi connectivity index (χ1n) is 7.14. The van der Waals surface area contributed by atoms with E-state index in [9.17, 15) is 9.59 Å². The van der Waals surface area contributed by atoms with Crippen LogP contribution in [0.25, 0.3) is 0 Å². The van der Waals surface area contributed by atoms with Crippen molar-refractivity contribution in [1.82, 2.24) is 9.80 Å². The number of carboxylic acids is 1. The summed E-state index contributed by atoms with van der Waals surface area (Å²) < 4.78 is 0. The molecule has 0 fully saturated rings. The molecule has 0 saturated heterocycles. The highest BCUT2D eigenvalue weighted by Gasteiger charge is 2.25. The Bertz CT molecular complexity index is 288. The van der Waals surface area contributed by atoms with Gasteiger partial charge in [0.15, 0.2) is 0 Å². The fourth-order valence-electron chi connectivity index (χ4n) is 2.00. The van der Waals surface area contributed by atoms with Gasteiger partial charge in [0.25, 0.3) is 0 Å².